The summed E-state index contributed by atoms with van der Waals surface area (Å²) in [6, 6.07) is 10.6. The number of oxime groups is 1. The van der Waals surface area contributed by atoms with E-state index in [0.717, 1.165) is 0 Å². The summed E-state index contributed by atoms with van der Waals surface area (Å²) in [4.78, 5) is 9.20. The molecular weight excluding hydrogens is 285 g/mol. The van der Waals surface area contributed by atoms with Gasteiger partial charge in [-0.25, -0.2) is 0 Å². The zero-order valence-corrected chi connectivity index (χ0v) is 11.4. The Morgan fingerprint density at radius 3 is 2.53 bits per heavy atom. The van der Waals surface area contributed by atoms with Crippen LogP contribution in [0.4, 0.5) is 0 Å². The van der Waals surface area contributed by atoms with Crippen LogP contribution in [-0.4, -0.2) is 10.8 Å². The summed E-state index contributed by atoms with van der Waals surface area (Å²) in [5.74, 6) is 0.198. The summed E-state index contributed by atoms with van der Waals surface area (Å²) in [6.45, 7) is 0.145. The lowest BCUT2D eigenvalue weighted by molar-refractivity contribution is 0.130. The van der Waals surface area contributed by atoms with Gasteiger partial charge in [0, 0.05) is 21.8 Å². The first kappa shape index (κ1) is 13.6. The molecule has 1 heterocycles. The van der Waals surface area contributed by atoms with Gasteiger partial charge in [-0.1, -0.05) is 40.5 Å². The fourth-order valence-corrected chi connectivity index (χ4v) is 1.90. The van der Waals surface area contributed by atoms with E-state index in [9.17, 15) is 0 Å². The van der Waals surface area contributed by atoms with Crippen LogP contribution in [0.1, 0.15) is 11.3 Å². The van der Waals surface area contributed by atoms with Crippen molar-refractivity contribution in [2.75, 3.05) is 0 Å². The Hall–Kier alpha value is -1.78. The quantitative estimate of drug-likeness (QED) is 0.535. The van der Waals surface area contributed by atoms with Crippen LogP contribution in [0.15, 0.2) is 47.8 Å². The highest BCUT2D eigenvalue weighted by atomic mass is 35.5. The van der Waals surface area contributed by atoms with Crippen molar-refractivity contribution in [2.45, 2.75) is 6.61 Å². The maximum absolute atomic E-state index is 6.01. The summed E-state index contributed by atoms with van der Waals surface area (Å²) < 4.78 is 0. The molecule has 0 atom stereocenters. The number of hydrogen-bond acceptors (Lipinski definition) is 3. The topological polar surface area (TPSA) is 60.5 Å². The van der Waals surface area contributed by atoms with Gasteiger partial charge in [0.15, 0.2) is 5.84 Å². The van der Waals surface area contributed by atoms with Crippen LogP contribution < -0.4 is 5.73 Å². The van der Waals surface area contributed by atoms with Gasteiger partial charge in [0.2, 0.25) is 0 Å². The molecule has 2 rings (SSSR count). The van der Waals surface area contributed by atoms with Crippen LogP contribution in [0.5, 0.6) is 0 Å². The Labute approximate surface area is 120 Å². The zero-order valence-electron chi connectivity index (χ0n) is 9.88. The summed E-state index contributed by atoms with van der Waals surface area (Å²) in [5.41, 5.74) is 6.95. The van der Waals surface area contributed by atoms with E-state index in [0.29, 0.717) is 21.3 Å². The highest BCUT2D eigenvalue weighted by molar-refractivity contribution is 6.35. The van der Waals surface area contributed by atoms with E-state index >= 15 is 0 Å². The van der Waals surface area contributed by atoms with Gasteiger partial charge in [0.05, 0.1) is 0 Å². The molecule has 0 aliphatic heterocycles. The minimum atomic E-state index is 0.145. The van der Waals surface area contributed by atoms with Crippen molar-refractivity contribution in [3.8, 4) is 0 Å². The van der Waals surface area contributed by atoms with Crippen LogP contribution in [0.3, 0.4) is 0 Å². The molecule has 2 aromatic rings. The van der Waals surface area contributed by atoms with Gasteiger partial charge in [-0.3, -0.25) is 4.98 Å². The number of rotatable bonds is 4. The third-order valence-electron chi connectivity index (χ3n) is 2.36. The smallest absolute Gasteiger partial charge is 0.188 e. The van der Waals surface area contributed by atoms with Crippen LogP contribution in [0.2, 0.25) is 10.0 Å². The maximum atomic E-state index is 6.01. The lowest BCUT2D eigenvalue weighted by atomic mass is 10.2. The fraction of sp³-hybridized carbons (Fsp3) is 0.0769. The molecule has 19 heavy (non-hydrogen) atoms. The molecule has 0 radical (unpaired) electrons. The molecule has 0 aliphatic rings. The number of aromatic nitrogens is 1. The van der Waals surface area contributed by atoms with E-state index in [-0.39, 0.29) is 12.4 Å². The Balaban J connectivity index is 2.04. The molecule has 0 aliphatic carbocycles. The molecule has 0 bridgehead atoms. The largest absolute Gasteiger partial charge is 0.389 e. The number of halogens is 2. The Morgan fingerprint density at radius 1 is 1.16 bits per heavy atom. The SMILES string of the molecule is NC(=NOCc1c(Cl)cccc1Cl)c1ccccn1. The minimum absolute atomic E-state index is 0.145. The molecule has 0 saturated heterocycles. The molecule has 6 heteroatoms. The number of pyridine rings is 1. The van der Waals surface area contributed by atoms with Crippen LogP contribution in [-0.2, 0) is 11.4 Å². The van der Waals surface area contributed by atoms with Crippen molar-refractivity contribution in [3.63, 3.8) is 0 Å². The zero-order chi connectivity index (χ0) is 13.7. The number of amidine groups is 1. The van der Waals surface area contributed by atoms with Crippen LogP contribution >= 0.6 is 23.2 Å². The van der Waals surface area contributed by atoms with Crippen LogP contribution in [0, 0.1) is 0 Å². The third kappa shape index (κ3) is 3.59. The maximum Gasteiger partial charge on any atom is 0.188 e. The average molecular weight is 296 g/mol. The van der Waals surface area contributed by atoms with Crippen molar-refractivity contribution in [3.05, 3.63) is 63.9 Å². The van der Waals surface area contributed by atoms with E-state index in [1.165, 1.54) is 0 Å². The number of hydrogen-bond donors (Lipinski definition) is 1. The van der Waals surface area contributed by atoms with Gasteiger partial charge in [0.1, 0.15) is 12.3 Å². The standard InChI is InChI=1S/C13H11Cl2N3O/c14-10-4-3-5-11(15)9(10)8-19-18-13(16)12-6-1-2-7-17-12/h1-7H,8H2,(H2,16,18). The molecule has 0 unspecified atom stereocenters. The first-order valence-electron chi connectivity index (χ1n) is 5.48. The van der Waals surface area contributed by atoms with Crippen molar-refractivity contribution >= 4 is 29.0 Å². The Kier molecular flexibility index (Phi) is 4.60. The number of nitrogens with zero attached hydrogens (tertiary/aromatic N) is 2. The minimum Gasteiger partial charge on any atom is -0.389 e. The van der Waals surface area contributed by atoms with E-state index in [1.807, 2.05) is 6.07 Å². The van der Waals surface area contributed by atoms with Gasteiger partial charge in [-0.15, -0.1) is 0 Å². The summed E-state index contributed by atoms with van der Waals surface area (Å²) >= 11 is 12.0. The first-order valence-corrected chi connectivity index (χ1v) is 6.24. The lowest BCUT2D eigenvalue weighted by Gasteiger charge is -2.05. The second-order valence-corrected chi connectivity index (χ2v) is 4.48. The van der Waals surface area contributed by atoms with Crippen LogP contribution in [0.25, 0.3) is 0 Å². The monoisotopic (exact) mass is 295 g/mol. The predicted octanol–water partition coefficient (Wildman–Crippen LogP) is 3.23. The van der Waals surface area contributed by atoms with Gasteiger partial charge < -0.3 is 10.6 Å². The molecule has 1 aromatic heterocycles. The molecule has 0 fully saturated rings. The second-order valence-electron chi connectivity index (χ2n) is 3.67. The van der Waals surface area contributed by atoms with Crippen molar-refractivity contribution in [2.24, 2.45) is 10.9 Å². The van der Waals surface area contributed by atoms with Gasteiger partial charge >= 0.3 is 0 Å². The highest BCUT2D eigenvalue weighted by Crippen LogP contribution is 2.24. The normalized spacial score (nSPS) is 11.4. The molecular formula is C13H11Cl2N3O. The molecule has 0 saturated carbocycles. The van der Waals surface area contributed by atoms with Gasteiger partial charge in [-0.2, -0.15) is 0 Å². The van der Waals surface area contributed by atoms with Crippen molar-refractivity contribution in [1.29, 1.82) is 0 Å². The summed E-state index contributed by atoms with van der Waals surface area (Å²) in [6.07, 6.45) is 1.63. The Morgan fingerprint density at radius 2 is 1.89 bits per heavy atom. The van der Waals surface area contributed by atoms with E-state index in [1.54, 1.807) is 36.5 Å². The van der Waals surface area contributed by atoms with Gasteiger partial charge in [0.25, 0.3) is 0 Å². The number of nitrogens with two attached hydrogens (primary N) is 1. The van der Waals surface area contributed by atoms with E-state index in [4.69, 9.17) is 33.8 Å². The molecule has 0 spiro atoms. The number of benzene rings is 1. The van der Waals surface area contributed by atoms with Crippen molar-refractivity contribution in [1.82, 2.24) is 4.98 Å². The summed E-state index contributed by atoms with van der Waals surface area (Å²) in [7, 11) is 0. The highest BCUT2D eigenvalue weighted by Gasteiger charge is 2.06. The Bertz CT molecular complexity index is 567. The first-order chi connectivity index (χ1) is 9.18. The summed E-state index contributed by atoms with van der Waals surface area (Å²) in [5, 5.41) is 4.84. The molecule has 2 N–H and O–H groups in total. The predicted molar refractivity (Wildman–Crippen MR) is 76.2 cm³/mol. The van der Waals surface area contributed by atoms with E-state index in [2.05, 4.69) is 10.1 Å². The van der Waals surface area contributed by atoms with Crippen molar-refractivity contribution < 1.29 is 4.84 Å². The molecule has 1 aromatic carbocycles. The van der Waals surface area contributed by atoms with E-state index < -0.39 is 0 Å². The second kappa shape index (κ2) is 6.41. The third-order valence-corrected chi connectivity index (χ3v) is 3.07. The molecule has 4 nitrogen and oxygen atoms in total. The average Bonchev–Trinajstić information content (AvgIpc) is 2.43. The fourth-order valence-electron chi connectivity index (χ4n) is 1.40. The molecule has 98 valence electrons. The lowest BCUT2D eigenvalue weighted by Crippen LogP contribution is -2.15. The van der Waals surface area contributed by atoms with Gasteiger partial charge in [-0.05, 0) is 24.3 Å². The molecule has 0 amide bonds.